The first-order valence-electron chi connectivity index (χ1n) is 6.94. The van der Waals surface area contributed by atoms with Crippen molar-refractivity contribution in [1.82, 2.24) is 0 Å². The summed E-state index contributed by atoms with van der Waals surface area (Å²) in [6.45, 7) is 10.9. The quantitative estimate of drug-likeness (QED) is 0.440. The Hall–Kier alpha value is -0.120. The fraction of sp³-hybridized carbons (Fsp3) is 0.929. The van der Waals surface area contributed by atoms with Crippen molar-refractivity contribution in [2.45, 2.75) is 45.4 Å². The zero-order valence-electron chi connectivity index (χ0n) is 11.4. The number of hydrogen-bond donors (Lipinski definition) is 0. The molecule has 0 aliphatic heterocycles. The fourth-order valence-corrected chi connectivity index (χ4v) is 1.37. The van der Waals surface area contributed by atoms with E-state index in [1.807, 2.05) is 6.92 Å². The van der Waals surface area contributed by atoms with Gasteiger partial charge in [-0.1, -0.05) is 13.3 Å². The maximum Gasteiger partial charge on any atom is 0.0466 e. The summed E-state index contributed by atoms with van der Waals surface area (Å²) in [6, 6.07) is 0. The van der Waals surface area contributed by atoms with E-state index >= 15 is 0 Å². The minimum Gasteiger partial charge on any atom is -0.382 e. The molecule has 0 bridgehead atoms. The van der Waals surface area contributed by atoms with Crippen LogP contribution >= 0.6 is 0 Å². The molecule has 3 heteroatoms. The van der Waals surface area contributed by atoms with Crippen LogP contribution in [0.2, 0.25) is 0 Å². The molecule has 3 nitrogen and oxygen atoms in total. The Bertz CT molecular complexity index is 115. The van der Waals surface area contributed by atoms with Crippen LogP contribution in [0.25, 0.3) is 0 Å². The lowest BCUT2D eigenvalue weighted by Gasteiger charge is -2.05. The largest absolute Gasteiger partial charge is 0.382 e. The Morgan fingerprint density at radius 1 is 0.647 bits per heavy atom. The fourth-order valence-electron chi connectivity index (χ4n) is 1.37. The van der Waals surface area contributed by atoms with Crippen molar-refractivity contribution < 1.29 is 14.2 Å². The SMILES string of the molecule is [CH2]CCCOCCCCOCCCCOCC. The second kappa shape index (κ2) is 15.9. The van der Waals surface area contributed by atoms with E-state index in [1.165, 1.54) is 0 Å². The summed E-state index contributed by atoms with van der Waals surface area (Å²) in [5, 5.41) is 0. The zero-order valence-corrected chi connectivity index (χ0v) is 11.4. The third-order valence-electron chi connectivity index (χ3n) is 2.40. The van der Waals surface area contributed by atoms with E-state index < -0.39 is 0 Å². The smallest absolute Gasteiger partial charge is 0.0466 e. The van der Waals surface area contributed by atoms with Gasteiger partial charge in [0.1, 0.15) is 0 Å². The first-order valence-corrected chi connectivity index (χ1v) is 6.94. The third-order valence-corrected chi connectivity index (χ3v) is 2.40. The number of rotatable bonds is 14. The van der Waals surface area contributed by atoms with Crippen LogP contribution in [-0.2, 0) is 14.2 Å². The van der Waals surface area contributed by atoms with Crippen molar-refractivity contribution in [1.29, 1.82) is 0 Å². The minimum atomic E-state index is 0.814. The molecule has 0 saturated carbocycles. The Balaban J connectivity index is 2.85. The molecular formula is C14H29O3. The molecule has 0 unspecified atom stereocenters. The monoisotopic (exact) mass is 245 g/mol. The van der Waals surface area contributed by atoms with Gasteiger partial charge in [0.15, 0.2) is 0 Å². The van der Waals surface area contributed by atoms with Crippen LogP contribution in [0, 0.1) is 6.92 Å². The molecule has 0 amide bonds. The van der Waals surface area contributed by atoms with Gasteiger partial charge in [0, 0.05) is 39.6 Å². The lowest BCUT2D eigenvalue weighted by Crippen LogP contribution is -2.02. The average molecular weight is 245 g/mol. The van der Waals surface area contributed by atoms with Gasteiger partial charge in [-0.25, -0.2) is 0 Å². The summed E-state index contributed by atoms with van der Waals surface area (Å²) in [7, 11) is 0. The highest BCUT2D eigenvalue weighted by Crippen LogP contribution is 1.96. The topological polar surface area (TPSA) is 27.7 Å². The summed E-state index contributed by atoms with van der Waals surface area (Å²) >= 11 is 0. The molecule has 0 atom stereocenters. The summed E-state index contributed by atoms with van der Waals surface area (Å²) in [4.78, 5) is 0. The second-order valence-corrected chi connectivity index (χ2v) is 4.04. The first kappa shape index (κ1) is 16.9. The van der Waals surface area contributed by atoms with Crippen molar-refractivity contribution in [3.05, 3.63) is 6.92 Å². The van der Waals surface area contributed by atoms with Crippen molar-refractivity contribution in [2.24, 2.45) is 0 Å². The lowest BCUT2D eigenvalue weighted by atomic mass is 10.3. The number of ether oxygens (including phenoxy) is 3. The summed E-state index contributed by atoms with van der Waals surface area (Å²) in [5.74, 6) is 0. The molecule has 1 radical (unpaired) electrons. The standard InChI is InChI=1S/C14H29O3/c1-3-5-10-16-12-8-9-14-17-13-7-6-11-15-4-2/h1,3-14H2,2H3. The van der Waals surface area contributed by atoms with Gasteiger partial charge < -0.3 is 14.2 Å². The number of unbranched alkanes of at least 4 members (excludes halogenated alkanes) is 3. The third kappa shape index (κ3) is 15.9. The van der Waals surface area contributed by atoms with Gasteiger partial charge in [-0.05, 0) is 39.0 Å². The molecule has 0 aromatic carbocycles. The highest BCUT2D eigenvalue weighted by atomic mass is 16.5. The highest BCUT2D eigenvalue weighted by Gasteiger charge is 1.92. The molecule has 0 heterocycles. The Morgan fingerprint density at radius 2 is 1.06 bits per heavy atom. The zero-order chi connectivity index (χ0) is 12.6. The predicted molar refractivity (Wildman–Crippen MR) is 71.2 cm³/mol. The van der Waals surface area contributed by atoms with Crippen LogP contribution < -0.4 is 0 Å². The van der Waals surface area contributed by atoms with E-state index in [1.54, 1.807) is 0 Å². The van der Waals surface area contributed by atoms with Crippen molar-refractivity contribution in [3.8, 4) is 0 Å². The Morgan fingerprint density at radius 3 is 1.47 bits per heavy atom. The van der Waals surface area contributed by atoms with Gasteiger partial charge in [-0.15, -0.1) is 0 Å². The molecule has 0 aromatic rings. The first-order chi connectivity index (χ1) is 8.41. The average Bonchev–Trinajstić information content (AvgIpc) is 2.35. The van der Waals surface area contributed by atoms with E-state index in [9.17, 15) is 0 Å². The van der Waals surface area contributed by atoms with Gasteiger partial charge >= 0.3 is 0 Å². The maximum atomic E-state index is 5.52. The van der Waals surface area contributed by atoms with Crippen molar-refractivity contribution >= 4 is 0 Å². The molecule has 17 heavy (non-hydrogen) atoms. The van der Waals surface area contributed by atoms with E-state index in [4.69, 9.17) is 14.2 Å². The van der Waals surface area contributed by atoms with E-state index in [2.05, 4.69) is 6.92 Å². The summed E-state index contributed by atoms with van der Waals surface area (Å²) in [6.07, 6.45) is 6.41. The van der Waals surface area contributed by atoms with Crippen LogP contribution in [0.1, 0.15) is 45.4 Å². The Labute approximate surface area is 107 Å². The predicted octanol–water partition coefficient (Wildman–Crippen LogP) is 3.23. The van der Waals surface area contributed by atoms with E-state index in [0.29, 0.717) is 0 Å². The van der Waals surface area contributed by atoms with Crippen LogP contribution in [0.4, 0.5) is 0 Å². The van der Waals surface area contributed by atoms with Gasteiger partial charge in [-0.2, -0.15) is 0 Å². The van der Waals surface area contributed by atoms with Gasteiger partial charge in [0.2, 0.25) is 0 Å². The molecule has 0 saturated heterocycles. The second-order valence-electron chi connectivity index (χ2n) is 4.04. The van der Waals surface area contributed by atoms with Gasteiger partial charge in [-0.3, -0.25) is 0 Å². The summed E-state index contributed by atoms with van der Waals surface area (Å²) in [5.41, 5.74) is 0. The molecule has 0 aliphatic rings. The van der Waals surface area contributed by atoms with Crippen LogP contribution in [0.15, 0.2) is 0 Å². The minimum absolute atomic E-state index is 0.814. The molecule has 103 valence electrons. The highest BCUT2D eigenvalue weighted by molar-refractivity contribution is 4.43. The molecule has 0 fully saturated rings. The lowest BCUT2D eigenvalue weighted by molar-refractivity contribution is 0.0924. The number of hydrogen-bond acceptors (Lipinski definition) is 3. The molecule has 0 aromatic heterocycles. The van der Waals surface area contributed by atoms with Gasteiger partial charge in [0.25, 0.3) is 0 Å². The molecule has 0 rings (SSSR count). The van der Waals surface area contributed by atoms with E-state index in [-0.39, 0.29) is 0 Å². The van der Waals surface area contributed by atoms with Crippen molar-refractivity contribution in [2.75, 3.05) is 39.6 Å². The molecule has 0 N–H and O–H groups in total. The van der Waals surface area contributed by atoms with E-state index in [0.717, 1.165) is 78.2 Å². The molecule has 0 spiro atoms. The van der Waals surface area contributed by atoms with Crippen LogP contribution in [0.3, 0.4) is 0 Å². The van der Waals surface area contributed by atoms with Crippen molar-refractivity contribution in [3.63, 3.8) is 0 Å². The summed E-state index contributed by atoms with van der Waals surface area (Å²) < 4.78 is 16.2. The van der Waals surface area contributed by atoms with Crippen LogP contribution in [0.5, 0.6) is 0 Å². The Kier molecular flexibility index (Phi) is 15.8. The van der Waals surface area contributed by atoms with Crippen LogP contribution in [-0.4, -0.2) is 39.6 Å². The maximum absolute atomic E-state index is 5.52. The molecule has 0 aliphatic carbocycles. The van der Waals surface area contributed by atoms with Gasteiger partial charge in [0.05, 0.1) is 0 Å². The molecular weight excluding hydrogens is 216 g/mol. The normalized spacial score (nSPS) is 10.9.